The van der Waals surface area contributed by atoms with Gasteiger partial charge < -0.3 is 10.0 Å². The molecule has 0 unspecified atom stereocenters. The first-order valence-electron chi connectivity index (χ1n) is 6.23. The van der Waals surface area contributed by atoms with Gasteiger partial charge in [-0.3, -0.25) is 0 Å². The molecule has 0 saturated heterocycles. The molecule has 0 rings (SSSR count). The summed E-state index contributed by atoms with van der Waals surface area (Å²) in [6.07, 6.45) is 6.73. The minimum absolute atomic E-state index is 0.0279. The Balaban J connectivity index is 0. The van der Waals surface area contributed by atoms with Crippen LogP contribution in [0.15, 0.2) is 25.1 Å². The molecule has 4 heteroatoms. The summed E-state index contributed by atoms with van der Waals surface area (Å²) in [6, 6.07) is 0. The van der Waals surface area contributed by atoms with Gasteiger partial charge in [-0.15, -0.1) is 13.2 Å². The third-order valence-electron chi connectivity index (χ3n) is 2.26. The fraction of sp³-hybridized carbons (Fsp3) is 0.667. The quantitative estimate of drug-likeness (QED) is 0.622. The summed E-state index contributed by atoms with van der Waals surface area (Å²) in [6.45, 7) is 10.4. The summed E-state index contributed by atoms with van der Waals surface area (Å²) in [7, 11) is 0. The molecule has 0 aliphatic heterocycles. The van der Waals surface area contributed by atoms with Gasteiger partial charge in [0, 0.05) is 0 Å². The zero-order chi connectivity index (χ0) is 12.8. The maximum Gasteiger partial charge on any atom is 0.342 e. The summed E-state index contributed by atoms with van der Waals surface area (Å²) in [4.78, 5) is 0. The highest BCUT2D eigenvalue weighted by atomic mass is 16.2. The van der Waals surface area contributed by atoms with Crippen LogP contribution in [0.3, 0.4) is 0 Å². The second-order valence-electron chi connectivity index (χ2n) is 3.90. The summed E-state index contributed by atoms with van der Waals surface area (Å²) < 4.78 is 0. The van der Waals surface area contributed by atoms with Crippen molar-refractivity contribution in [1.29, 1.82) is 0 Å². The molecule has 16 heavy (non-hydrogen) atoms. The second kappa shape index (κ2) is 14.5. The first-order valence-corrected chi connectivity index (χ1v) is 6.23. The molecular formula is C12H26B2O2. The fourth-order valence-corrected chi connectivity index (χ4v) is 1.12. The van der Waals surface area contributed by atoms with Crippen molar-refractivity contribution < 1.29 is 10.0 Å². The third kappa shape index (κ3) is 16.0. The first-order chi connectivity index (χ1) is 7.62. The highest BCUT2D eigenvalue weighted by molar-refractivity contribution is 6.61. The summed E-state index contributed by atoms with van der Waals surface area (Å²) >= 11 is 0. The molecule has 0 aromatic rings. The Bertz CT molecular complexity index is 147. The smallest absolute Gasteiger partial charge is 0.342 e. The van der Waals surface area contributed by atoms with E-state index in [9.17, 15) is 5.02 Å². The van der Waals surface area contributed by atoms with Crippen molar-refractivity contribution in [2.75, 3.05) is 0 Å². The van der Waals surface area contributed by atoms with Gasteiger partial charge in [-0.25, -0.2) is 0 Å². The van der Waals surface area contributed by atoms with Crippen molar-refractivity contribution in [2.24, 2.45) is 0 Å². The average molecular weight is 224 g/mol. The molecule has 0 atom stereocenters. The zero-order valence-electron chi connectivity index (χ0n) is 10.9. The van der Waals surface area contributed by atoms with Gasteiger partial charge in [-0.1, -0.05) is 51.5 Å². The average Bonchev–Trinajstić information content (AvgIpc) is 2.33. The fourth-order valence-electron chi connectivity index (χ4n) is 1.12. The van der Waals surface area contributed by atoms with Crippen LogP contribution in [0.5, 0.6) is 0 Å². The highest BCUT2D eigenvalue weighted by Crippen LogP contribution is 2.06. The Morgan fingerprint density at radius 1 is 0.938 bits per heavy atom. The van der Waals surface area contributed by atoms with Gasteiger partial charge in [0.15, 0.2) is 0 Å². The first kappa shape index (κ1) is 17.9. The van der Waals surface area contributed by atoms with Gasteiger partial charge in [0.25, 0.3) is 6.92 Å². The maximum absolute atomic E-state index is 9.31. The lowest BCUT2D eigenvalue weighted by Crippen LogP contribution is -2.10. The van der Waals surface area contributed by atoms with Crippen molar-refractivity contribution in [3.05, 3.63) is 25.1 Å². The number of unbranched alkanes of at least 4 members (excludes halogenated alkanes) is 2. The van der Waals surface area contributed by atoms with E-state index in [1.165, 1.54) is 37.6 Å². The van der Waals surface area contributed by atoms with Gasteiger partial charge in [0.05, 0.1) is 0 Å². The standard InChI is InChI=1S/C8H19BO.C4H7BO/c1-3-5-7-9(10)8-6-4-2;1-3-5(6)4-2/h10H,3-8H2,1-2H3;3-4,6H,1-2H2. The molecular weight excluding hydrogens is 198 g/mol. The Morgan fingerprint density at radius 3 is 1.50 bits per heavy atom. The van der Waals surface area contributed by atoms with E-state index in [1.807, 2.05) is 0 Å². The topological polar surface area (TPSA) is 40.5 Å². The van der Waals surface area contributed by atoms with E-state index in [4.69, 9.17) is 5.02 Å². The van der Waals surface area contributed by atoms with E-state index in [-0.39, 0.29) is 6.92 Å². The molecule has 2 N–H and O–H groups in total. The molecule has 0 aliphatic rings. The Labute approximate surface area is 102 Å². The van der Waals surface area contributed by atoms with E-state index >= 15 is 0 Å². The number of hydrogen-bond acceptors (Lipinski definition) is 2. The van der Waals surface area contributed by atoms with E-state index in [0.29, 0.717) is 0 Å². The summed E-state index contributed by atoms with van der Waals surface area (Å²) in [5, 5.41) is 17.7. The zero-order valence-corrected chi connectivity index (χ0v) is 10.9. The van der Waals surface area contributed by atoms with Gasteiger partial charge in [0.2, 0.25) is 0 Å². The molecule has 0 aliphatic carbocycles. The van der Waals surface area contributed by atoms with Crippen LogP contribution in [0.1, 0.15) is 39.5 Å². The molecule has 0 heterocycles. The van der Waals surface area contributed by atoms with E-state index in [0.717, 1.165) is 12.6 Å². The predicted molar refractivity (Wildman–Crippen MR) is 75.8 cm³/mol. The molecule has 92 valence electrons. The van der Waals surface area contributed by atoms with Crippen LogP contribution in [0.25, 0.3) is 0 Å². The van der Waals surface area contributed by atoms with Crippen molar-refractivity contribution >= 4 is 13.8 Å². The normalized spacial score (nSPS) is 8.75. The van der Waals surface area contributed by atoms with Crippen LogP contribution in [-0.4, -0.2) is 23.9 Å². The SMILES string of the molecule is C=CB(O)C=C.CCCCB(O)CCCC. The second-order valence-corrected chi connectivity index (χ2v) is 3.90. The third-order valence-corrected chi connectivity index (χ3v) is 2.26. The van der Waals surface area contributed by atoms with Crippen LogP contribution in [0.2, 0.25) is 12.6 Å². The Hall–Kier alpha value is -0.470. The highest BCUT2D eigenvalue weighted by Gasteiger charge is 2.07. The monoisotopic (exact) mass is 224 g/mol. The minimum atomic E-state index is -0.537. The van der Waals surface area contributed by atoms with Crippen molar-refractivity contribution in [1.82, 2.24) is 0 Å². The van der Waals surface area contributed by atoms with Gasteiger partial charge in [0.1, 0.15) is 0 Å². The Morgan fingerprint density at radius 2 is 1.31 bits per heavy atom. The summed E-state index contributed by atoms with van der Waals surface area (Å²) in [5.74, 6) is 2.82. The van der Waals surface area contributed by atoms with Crippen molar-refractivity contribution in [2.45, 2.75) is 52.2 Å². The van der Waals surface area contributed by atoms with Crippen LogP contribution >= 0.6 is 0 Å². The summed E-state index contributed by atoms with van der Waals surface area (Å²) in [5.41, 5.74) is 0. The van der Waals surface area contributed by atoms with Gasteiger partial charge >= 0.3 is 6.92 Å². The largest absolute Gasteiger partial charge is 0.450 e. The van der Waals surface area contributed by atoms with Crippen molar-refractivity contribution in [3.8, 4) is 0 Å². The lowest BCUT2D eigenvalue weighted by molar-refractivity contribution is 0.555. The number of rotatable bonds is 8. The Kier molecular flexibility index (Phi) is 16.3. The number of hydrogen-bond donors (Lipinski definition) is 2. The molecule has 0 spiro atoms. The van der Waals surface area contributed by atoms with Crippen LogP contribution in [-0.2, 0) is 0 Å². The van der Waals surface area contributed by atoms with E-state index in [1.54, 1.807) is 0 Å². The lowest BCUT2D eigenvalue weighted by Gasteiger charge is -2.02. The molecule has 0 bridgehead atoms. The van der Waals surface area contributed by atoms with Crippen LogP contribution in [0, 0.1) is 0 Å². The van der Waals surface area contributed by atoms with Crippen LogP contribution in [0.4, 0.5) is 0 Å². The van der Waals surface area contributed by atoms with Gasteiger partial charge in [-0.2, -0.15) is 0 Å². The lowest BCUT2D eigenvalue weighted by atomic mass is 9.60. The van der Waals surface area contributed by atoms with Gasteiger partial charge in [-0.05, 0) is 12.6 Å². The molecule has 0 amide bonds. The molecule has 0 aromatic heterocycles. The van der Waals surface area contributed by atoms with E-state index < -0.39 is 6.92 Å². The molecule has 2 nitrogen and oxygen atoms in total. The van der Waals surface area contributed by atoms with E-state index in [2.05, 4.69) is 27.0 Å². The van der Waals surface area contributed by atoms with Crippen molar-refractivity contribution in [3.63, 3.8) is 0 Å². The molecule has 0 saturated carbocycles. The maximum atomic E-state index is 9.31. The molecule has 0 fully saturated rings. The van der Waals surface area contributed by atoms with Crippen LogP contribution < -0.4 is 0 Å². The molecule has 0 aromatic carbocycles. The molecule has 0 radical (unpaired) electrons. The minimum Gasteiger partial charge on any atom is -0.450 e. The predicted octanol–water partition coefficient (Wildman–Crippen LogP) is 2.99.